The molecule has 0 radical (unpaired) electrons. The lowest BCUT2D eigenvalue weighted by Gasteiger charge is -2.10. The van der Waals surface area contributed by atoms with E-state index in [2.05, 4.69) is 10.6 Å². The molecule has 0 atom stereocenters. The van der Waals surface area contributed by atoms with Crippen LogP contribution in [0, 0.1) is 0 Å². The number of nitrogens with one attached hydrogen (secondary N) is 2. The van der Waals surface area contributed by atoms with Crippen LogP contribution in [0.2, 0.25) is 0 Å². The van der Waals surface area contributed by atoms with Crippen LogP contribution in [0.5, 0.6) is 5.75 Å². The second-order valence-corrected chi connectivity index (χ2v) is 5.57. The summed E-state index contributed by atoms with van der Waals surface area (Å²) in [4.78, 5) is 36.0. The highest BCUT2D eigenvalue weighted by Gasteiger charge is 2.18. The van der Waals surface area contributed by atoms with Crippen LogP contribution in [0.15, 0.2) is 48.5 Å². The summed E-state index contributed by atoms with van der Waals surface area (Å²) >= 11 is 0. The molecule has 0 saturated carbocycles. The van der Waals surface area contributed by atoms with Gasteiger partial charge >= 0.3 is 17.8 Å². The highest BCUT2D eigenvalue weighted by Crippen LogP contribution is 2.16. The summed E-state index contributed by atoms with van der Waals surface area (Å²) in [5.41, 5.74) is 1.43. The van der Waals surface area contributed by atoms with Gasteiger partial charge in [0.2, 0.25) is 0 Å². The molecule has 2 N–H and O–H groups in total. The van der Waals surface area contributed by atoms with E-state index >= 15 is 0 Å². The lowest BCUT2D eigenvalue weighted by atomic mass is 10.1. The number of hydrogen-bond acceptors (Lipinski definition) is 5. The molecule has 0 unspecified atom stereocenters. The molecule has 0 heterocycles. The fourth-order valence-electron chi connectivity index (χ4n) is 2.35. The highest BCUT2D eigenvalue weighted by atomic mass is 16.5. The van der Waals surface area contributed by atoms with Crippen LogP contribution in [0.1, 0.15) is 22.8 Å². The van der Waals surface area contributed by atoms with Crippen LogP contribution < -0.4 is 15.4 Å². The van der Waals surface area contributed by atoms with Crippen LogP contribution >= 0.6 is 0 Å². The third-order valence-corrected chi connectivity index (χ3v) is 3.74. The zero-order chi connectivity index (χ0) is 19.6. The normalized spacial score (nSPS) is 10.0. The van der Waals surface area contributed by atoms with E-state index < -0.39 is 17.8 Å². The van der Waals surface area contributed by atoms with Gasteiger partial charge in [-0.15, -0.1) is 0 Å². The molecule has 0 spiro atoms. The molecule has 0 fully saturated rings. The van der Waals surface area contributed by atoms with Crippen molar-refractivity contribution in [1.82, 2.24) is 5.32 Å². The van der Waals surface area contributed by atoms with E-state index in [0.717, 1.165) is 11.3 Å². The third kappa shape index (κ3) is 5.85. The van der Waals surface area contributed by atoms with Crippen molar-refractivity contribution in [3.8, 4) is 5.75 Å². The van der Waals surface area contributed by atoms with E-state index in [1.165, 1.54) is 12.1 Å². The van der Waals surface area contributed by atoms with Crippen LogP contribution in [0.4, 0.5) is 5.69 Å². The van der Waals surface area contributed by atoms with Crippen LogP contribution in [0.3, 0.4) is 0 Å². The van der Waals surface area contributed by atoms with Gasteiger partial charge in [0.15, 0.2) is 0 Å². The first kappa shape index (κ1) is 20.0. The standard InChI is InChI=1S/C20H22N2O5/c1-3-27-20(25)16-6-4-5-7-17(16)22-19(24)18(23)21-13-12-14-8-10-15(26-2)11-9-14/h4-11H,3,12-13H2,1-2H3,(H,21,23)(H,22,24). The Hall–Kier alpha value is -3.35. The molecule has 0 bridgehead atoms. The minimum Gasteiger partial charge on any atom is -0.497 e. The predicted molar refractivity (Wildman–Crippen MR) is 101 cm³/mol. The summed E-state index contributed by atoms with van der Waals surface area (Å²) in [7, 11) is 1.59. The molecule has 2 aromatic rings. The SMILES string of the molecule is CCOC(=O)c1ccccc1NC(=O)C(=O)NCCc1ccc(OC)cc1. The van der Waals surface area contributed by atoms with Crippen molar-refractivity contribution < 1.29 is 23.9 Å². The second kappa shape index (κ2) is 9.96. The van der Waals surface area contributed by atoms with Crippen molar-refractivity contribution in [2.24, 2.45) is 0 Å². The summed E-state index contributed by atoms with van der Waals surface area (Å²) in [5.74, 6) is -1.43. The molecule has 7 nitrogen and oxygen atoms in total. The van der Waals surface area contributed by atoms with Crippen LogP contribution in [-0.4, -0.2) is 38.0 Å². The second-order valence-electron chi connectivity index (χ2n) is 5.57. The topological polar surface area (TPSA) is 93.7 Å². The predicted octanol–water partition coefficient (Wildman–Crippen LogP) is 2.17. The van der Waals surface area contributed by atoms with Crippen LogP contribution in [0.25, 0.3) is 0 Å². The zero-order valence-electron chi connectivity index (χ0n) is 15.3. The molecule has 0 saturated heterocycles. The maximum atomic E-state index is 12.1. The molecule has 2 aromatic carbocycles. The van der Waals surface area contributed by atoms with Gasteiger partial charge in [-0.2, -0.15) is 0 Å². The van der Waals surface area contributed by atoms with Gasteiger partial charge in [-0.25, -0.2) is 4.79 Å². The first-order valence-electron chi connectivity index (χ1n) is 8.53. The average molecular weight is 370 g/mol. The molecule has 0 aliphatic rings. The Kier molecular flexibility index (Phi) is 7.37. The largest absolute Gasteiger partial charge is 0.497 e. The van der Waals surface area contributed by atoms with Crippen molar-refractivity contribution in [3.63, 3.8) is 0 Å². The number of methoxy groups -OCH3 is 1. The number of carbonyl (C=O) groups excluding carboxylic acids is 3. The van der Waals surface area contributed by atoms with E-state index in [4.69, 9.17) is 9.47 Å². The smallest absolute Gasteiger partial charge is 0.340 e. The van der Waals surface area contributed by atoms with Gasteiger partial charge in [-0.05, 0) is 43.2 Å². The summed E-state index contributed by atoms with van der Waals surface area (Å²) in [6.07, 6.45) is 0.572. The molecule has 2 rings (SSSR count). The minimum absolute atomic E-state index is 0.193. The minimum atomic E-state index is -0.846. The van der Waals surface area contributed by atoms with Gasteiger partial charge in [-0.1, -0.05) is 24.3 Å². The zero-order valence-corrected chi connectivity index (χ0v) is 15.3. The molecular weight excluding hydrogens is 348 g/mol. The quantitative estimate of drug-likeness (QED) is 0.575. The maximum Gasteiger partial charge on any atom is 0.340 e. The van der Waals surface area contributed by atoms with Crippen molar-refractivity contribution >= 4 is 23.5 Å². The van der Waals surface area contributed by atoms with Gasteiger partial charge in [0.1, 0.15) is 5.75 Å². The lowest BCUT2D eigenvalue weighted by molar-refractivity contribution is -0.136. The molecule has 2 amide bonds. The third-order valence-electron chi connectivity index (χ3n) is 3.74. The van der Waals surface area contributed by atoms with E-state index in [9.17, 15) is 14.4 Å². The first-order chi connectivity index (χ1) is 13.0. The molecule has 27 heavy (non-hydrogen) atoms. The Labute approximate surface area is 157 Å². The van der Waals surface area contributed by atoms with E-state index in [0.29, 0.717) is 13.0 Å². The van der Waals surface area contributed by atoms with Gasteiger partial charge in [-0.3, -0.25) is 9.59 Å². The Balaban J connectivity index is 1.88. The summed E-state index contributed by atoms with van der Waals surface area (Å²) in [5, 5.41) is 5.00. The number of hydrogen-bond donors (Lipinski definition) is 2. The number of amides is 2. The fraction of sp³-hybridized carbons (Fsp3) is 0.250. The summed E-state index contributed by atoms with van der Waals surface area (Å²) in [6, 6.07) is 13.8. The number of benzene rings is 2. The number of anilines is 1. The Morgan fingerprint density at radius 1 is 0.963 bits per heavy atom. The van der Waals surface area contributed by atoms with Gasteiger partial charge in [0, 0.05) is 6.54 Å². The van der Waals surface area contributed by atoms with Gasteiger partial charge < -0.3 is 20.1 Å². The van der Waals surface area contributed by atoms with Crippen molar-refractivity contribution in [1.29, 1.82) is 0 Å². The monoisotopic (exact) mass is 370 g/mol. The molecular formula is C20H22N2O5. The maximum absolute atomic E-state index is 12.1. The summed E-state index contributed by atoms with van der Waals surface area (Å²) in [6.45, 7) is 2.21. The van der Waals surface area contributed by atoms with Crippen LogP contribution in [-0.2, 0) is 20.7 Å². The van der Waals surface area contributed by atoms with Crippen molar-refractivity contribution in [3.05, 3.63) is 59.7 Å². The van der Waals surface area contributed by atoms with Crippen molar-refractivity contribution in [2.75, 3.05) is 25.6 Å². The average Bonchev–Trinajstić information content (AvgIpc) is 2.69. The van der Waals surface area contributed by atoms with Crippen molar-refractivity contribution in [2.45, 2.75) is 13.3 Å². The molecule has 0 aliphatic carbocycles. The van der Waals surface area contributed by atoms with Gasteiger partial charge in [0.05, 0.1) is 25.0 Å². The number of rotatable bonds is 7. The number of carbonyl (C=O) groups is 3. The van der Waals surface area contributed by atoms with Gasteiger partial charge in [0.25, 0.3) is 0 Å². The first-order valence-corrected chi connectivity index (χ1v) is 8.53. The molecule has 0 aliphatic heterocycles. The Morgan fingerprint density at radius 2 is 1.67 bits per heavy atom. The fourth-order valence-corrected chi connectivity index (χ4v) is 2.35. The Morgan fingerprint density at radius 3 is 2.33 bits per heavy atom. The summed E-state index contributed by atoms with van der Waals surface area (Å²) < 4.78 is 10.0. The molecule has 0 aromatic heterocycles. The van der Waals surface area contributed by atoms with E-state index in [-0.39, 0.29) is 17.9 Å². The van der Waals surface area contributed by atoms with E-state index in [1.54, 1.807) is 26.2 Å². The Bertz CT molecular complexity index is 802. The molecule has 7 heteroatoms. The lowest BCUT2D eigenvalue weighted by Crippen LogP contribution is -2.36. The number of esters is 1. The molecule has 142 valence electrons. The van der Waals surface area contributed by atoms with E-state index in [1.807, 2.05) is 24.3 Å². The number of ether oxygens (including phenoxy) is 2. The number of para-hydroxylation sites is 1. The highest BCUT2D eigenvalue weighted by molar-refractivity contribution is 6.40.